The van der Waals surface area contributed by atoms with Crippen LogP contribution in [0, 0.1) is 5.92 Å². The van der Waals surface area contributed by atoms with Gasteiger partial charge in [-0.3, -0.25) is 5.01 Å². The molecule has 109 valence electrons. The van der Waals surface area contributed by atoms with Crippen molar-refractivity contribution in [2.75, 3.05) is 12.8 Å². The molecular weight excluding hydrogens is 353 g/mol. The van der Waals surface area contributed by atoms with Gasteiger partial charge in [0, 0.05) is 55.6 Å². The third-order valence-corrected chi connectivity index (χ3v) is 4.23. The van der Waals surface area contributed by atoms with Gasteiger partial charge in [0.25, 0.3) is 0 Å². The molecule has 0 aliphatic carbocycles. The van der Waals surface area contributed by atoms with Crippen LogP contribution in [0.3, 0.4) is 0 Å². The number of hydrogen-bond donors (Lipinski definition) is 0. The van der Waals surface area contributed by atoms with E-state index in [0.717, 1.165) is 29.9 Å². The first kappa shape index (κ1) is 18.7. The van der Waals surface area contributed by atoms with E-state index >= 15 is 0 Å². The van der Waals surface area contributed by atoms with Crippen LogP contribution in [-0.2, 0) is 32.7 Å². The van der Waals surface area contributed by atoms with Gasteiger partial charge in [-0.15, -0.1) is 11.8 Å². The molecule has 21 heavy (non-hydrogen) atoms. The number of nitrogens with zero attached hydrogens (tertiary/aromatic N) is 2. The number of hydrazone groups is 1. The van der Waals surface area contributed by atoms with Crippen LogP contribution in [0.1, 0.15) is 25.8 Å². The summed E-state index contributed by atoms with van der Waals surface area (Å²) in [6, 6.07) is 8.62. The van der Waals surface area contributed by atoms with E-state index in [0.29, 0.717) is 5.92 Å². The molecule has 1 aliphatic rings. The second-order valence-electron chi connectivity index (χ2n) is 5.39. The quantitative estimate of drug-likeness (QED) is 0.567. The maximum absolute atomic E-state index is 4.76. The normalized spacial score (nSPS) is 18.0. The van der Waals surface area contributed by atoms with E-state index in [1.54, 1.807) is 11.8 Å². The standard InChI is InChI=1S/C17H22N2S.Y/c1-12(2)11-19-14(4)13(3)10-17(18-19)15-6-8-16(20-5)9-7-15;/h6-9,13H,1,4,10-11H2,2-3,5H3;. The van der Waals surface area contributed by atoms with Gasteiger partial charge in [-0.05, 0) is 30.9 Å². The molecule has 1 aromatic carbocycles. The van der Waals surface area contributed by atoms with Crippen LogP contribution in [0.5, 0.6) is 0 Å². The monoisotopic (exact) mass is 375 g/mol. The van der Waals surface area contributed by atoms with Gasteiger partial charge in [0.15, 0.2) is 0 Å². The summed E-state index contributed by atoms with van der Waals surface area (Å²) >= 11 is 1.76. The zero-order chi connectivity index (χ0) is 14.7. The van der Waals surface area contributed by atoms with Gasteiger partial charge in [0.1, 0.15) is 0 Å². The minimum Gasteiger partial charge on any atom is -0.266 e. The Bertz CT molecular complexity index is 548. The van der Waals surface area contributed by atoms with Crippen molar-refractivity contribution in [1.82, 2.24) is 5.01 Å². The minimum atomic E-state index is 0. The number of benzene rings is 1. The molecule has 1 heterocycles. The average molecular weight is 375 g/mol. The summed E-state index contributed by atoms with van der Waals surface area (Å²) in [6.45, 7) is 13.1. The predicted octanol–water partition coefficient (Wildman–Crippen LogP) is 4.54. The number of thioether (sulfide) groups is 1. The number of rotatable bonds is 4. The van der Waals surface area contributed by atoms with Crippen LogP contribution < -0.4 is 0 Å². The second kappa shape index (κ2) is 8.31. The van der Waals surface area contributed by atoms with E-state index in [1.807, 2.05) is 11.9 Å². The molecule has 2 nitrogen and oxygen atoms in total. The van der Waals surface area contributed by atoms with Gasteiger partial charge in [-0.1, -0.05) is 37.8 Å². The van der Waals surface area contributed by atoms with Gasteiger partial charge in [-0.2, -0.15) is 5.10 Å². The topological polar surface area (TPSA) is 15.6 Å². The maximum Gasteiger partial charge on any atom is 0.0688 e. The Labute approximate surface area is 157 Å². The molecule has 1 radical (unpaired) electrons. The molecule has 2 rings (SSSR count). The van der Waals surface area contributed by atoms with Gasteiger partial charge in [0.2, 0.25) is 0 Å². The summed E-state index contributed by atoms with van der Waals surface area (Å²) in [6.07, 6.45) is 3.04. The number of hydrogen-bond acceptors (Lipinski definition) is 3. The molecule has 1 aliphatic heterocycles. The Morgan fingerprint density at radius 2 is 2.00 bits per heavy atom. The first-order valence-electron chi connectivity index (χ1n) is 6.84. The van der Waals surface area contributed by atoms with Crippen LogP contribution >= 0.6 is 11.8 Å². The van der Waals surface area contributed by atoms with E-state index in [4.69, 9.17) is 5.10 Å². The summed E-state index contributed by atoms with van der Waals surface area (Å²) in [7, 11) is 0. The van der Waals surface area contributed by atoms with Crippen molar-refractivity contribution in [2.45, 2.75) is 25.2 Å². The first-order valence-corrected chi connectivity index (χ1v) is 8.06. The molecule has 0 bridgehead atoms. The largest absolute Gasteiger partial charge is 0.266 e. The van der Waals surface area contributed by atoms with Crippen LogP contribution in [0.2, 0.25) is 0 Å². The van der Waals surface area contributed by atoms with Crippen LogP contribution in [0.15, 0.2) is 58.7 Å². The maximum atomic E-state index is 4.76. The van der Waals surface area contributed by atoms with Crippen LogP contribution in [0.25, 0.3) is 0 Å². The number of allylic oxidation sites excluding steroid dienone is 1. The van der Waals surface area contributed by atoms with E-state index in [9.17, 15) is 0 Å². The zero-order valence-corrected chi connectivity index (χ0v) is 16.8. The molecule has 1 atom stereocenters. The molecule has 1 unspecified atom stereocenters. The molecule has 0 spiro atoms. The van der Waals surface area contributed by atoms with Crippen LogP contribution in [-0.4, -0.2) is 23.5 Å². The van der Waals surface area contributed by atoms with Crippen LogP contribution in [0.4, 0.5) is 0 Å². The van der Waals surface area contributed by atoms with Crippen molar-refractivity contribution in [3.05, 3.63) is 54.3 Å². The smallest absolute Gasteiger partial charge is 0.0688 e. The molecule has 0 amide bonds. The zero-order valence-electron chi connectivity index (χ0n) is 13.1. The average Bonchev–Trinajstić information content (AvgIpc) is 2.43. The molecule has 0 saturated carbocycles. The van der Waals surface area contributed by atoms with E-state index < -0.39 is 0 Å². The SMILES string of the molecule is C=C(C)CN1N=C(c2ccc(SC)cc2)CC(C)C1=C.[Y]. The summed E-state index contributed by atoms with van der Waals surface area (Å²) in [4.78, 5) is 1.28. The van der Waals surface area contributed by atoms with E-state index in [1.165, 1.54) is 10.5 Å². The summed E-state index contributed by atoms with van der Waals surface area (Å²) in [5.41, 5.74) is 4.52. The van der Waals surface area contributed by atoms with E-state index in [-0.39, 0.29) is 32.7 Å². The summed E-state index contributed by atoms with van der Waals surface area (Å²) < 4.78 is 0. The summed E-state index contributed by atoms with van der Waals surface area (Å²) in [5.74, 6) is 0.419. The van der Waals surface area contributed by atoms with Crippen molar-refractivity contribution in [3.8, 4) is 0 Å². The van der Waals surface area contributed by atoms with Crippen molar-refractivity contribution < 1.29 is 32.7 Å². The Morgan fingerprint density at radius 1 is 1.38 bits per heavy atom. The van der Waals surface area contributed by atoms with Gasteiger partial charge in [-0.25, -0.2) is 0 Å². The summed E-state index contributed by atoms with van der Waals surface area (Å²) in [5, 5.41) is 6.76. The Morgan fingerprint density at radius 3 is 2.52 bits per heavy atom. The molecular formula is C17H22N2SY. The molecule has 0 saturated heterocycles. The minimum absolute atomic E-state index is 0. The second-order valence-corrected chi connectivity index (χ2v) is 6.27. The molecule has 4 heteroatoms. The fourth-order valence-corrected chi connectivity index (χ4v) is 2.67. The van der Waals surface area contributed by atoms with E-state index in [2.05, 4.69) is 50.6 Å². The van der Waals surface area contributed by atoms with Gasteiger partial charge in [0.05, 0.1) is 12.3 Å². The van der Waals surface area contributed by atoms with Crippen molar-refractivity contribution in [1.29, 1.82) is 0 Å². The third-order valence-electron chi connectivity index (χ3n) is 3.48. The van der Waals surface area contributed by atoms with Crippen molar-refractivity contribution in [3.63, 3.8) is 0 Å². The fraction of sp³-hybridized carbons (Fsp3) is 0.353. The predicted molar refractivity (Wildman–Crippen MR) is 89.2 cm³/mol. The fourth-order valence-electron chi connectivity index (χ4n) is 2.26. The first-order chi connectivity index (χ1) is 9.51. The molecule has 0 fully saturated rings. The Kier molecular flexibility index (Phi) is 7.39. The van der Waals surface area contributed by atoms with Gasteiger partial charge < -0.3 is 0 Å². The molecule has 0 aromatic heterocycles. The Hall–Kier alpha value is -0.376. The molecule has 0 N–H and O–H groups in total. The van der Waals surface area contributed by atoms with Gasteiger partial charge >= 0.3 is 0 Å². The van der Waals surface area contributed by atoms with Crippen molar-refractivity contribution >= 4 is 17.5 Å². The Balaban J connectivity index is 0.00000220. The molecule has 1 aromatic rings. The van der Waals surface area contributed by atoms with Crippen molar-refractivity contribution in [2.24, 2.45) is 11.0 Å². The third kappa shape index (κ3) is 4.80.